The number of hydrogen-bond acceptors (Lipinski definition) is 3. The Morgan fingerprint density at radius 1 is 1.35 bits per heavy atom. The van der Waals surface area contributed by atoms with E-state index in [9.17, 15) is 9.50 Å². The van der Waals surface area contributed by atoms with Crippen LogP contribution in [-0.4, -0.2) is 42.7 Å². The Morgan fingerprint density at radius 3 is 2.76 bits per heavy atom. The summed E-state index contributed by atoms with van der Waals surface area (Å²) in [5.41, 5.74) is 0.662. The number of aromatic hydroxyl groups is 1. The molecule has 1 fully saturated rings. The second kappa shape index (κ2) is 5.80. The molecule has 0 atom stereocenters. The number of benzene rings is 1. The molecular formula is C12H16BrFN2O. The summed E-state index contributed by atoms with van der Waals surface area (Å²) in [6.07, 6.45) is 0.669. The lowest BCUT2D eigenvalue weighted by molar-refractivity contribution is 0.243. The highest BCUT2D eigenvalue weighted by molar-refractivity contribution is 9.10. The zero-order valence-corrected chi connectivity index (χ0v) is 11.1. The minimum absolute atomic E-state index is 0.219. The molecule has 0 bridgehead atoms. The normalized spacial score (nSPS) is 17.3. The Morgan fingerprint density at radius 2 is 2.06 bits per heavy atom. The highest BCUT2D eigenvalue weighted by atomic mass is 79.9. The van der Waals surface area contributed by atoms with E-state index in [1.54, 1.807) is 6.07 Å². The predicted octanol–water partition coefficient (Wildman–Crippen LogP) is 1.74. The highest BCUT2D eigenvalue weighted by Crippen LogP contribution is 2.26. The van der Waals surface area contributed by atoms with Gasteiger partial charge in [0, 0.05) is 37.2 Å². The molecule has 0 amide bonds. The molecule has 1 heterocycles. The monoisotopic (exact) mass is 302 g/mol. The van der Waals surface area contributed by atoms with Gasteiger partial charge in [-0.1, -0.05) is 15.9 Å². The van der Waals surface area contributed by atoms with E-state index in [4.69, 9.17) is 0 Å². The van der Waals surface area contributed by atoms with Gasteiger partial charge in [-0.15, -0.1) is 0 Å². The molecule has 2 rings (SSSR count). The van der Waals surface area contributed by atoms with Gasteiger partial charge >= 0.3 is 0 Å². The van der Waals surface area contributed by atoms with Crippen molar-refractivity contribution in [1.29, 1.82) is 0 Å². The molecule has 1 aliphatic rings. The van der Waals surface area contributed by atoms with Crippen molar-refractivity contribution in [2.75, 3.05) is 32.7 Å². The third-order valence-corrected chi connectivity index (χ3v) is 3.47. The molecule has 1 aliphatic heterocycles. The molecule has 0 aliphatic carbocycles. The van der Waals surface area contributed by atoms with Gasteiger partial charge in [0.2, 0.25) is 0 Å². The standard InChI is InChI=1S/C12H16BrFN2O/c13-10-7-9(12(17)11(14)8-10)1-4-16-5-2-15-3-6-16/h7-8,15,17H,1-6H2. The topological polar surface area (TPSA) is 35.5 Å². The van der Waals surface area contributed by atoms with Crippen LogP contribution >= 0.6 is 15.9 Å². The van der Waals surface area contributed by atoms with E-state index in [0.717, 1.165) is 32.7 Å². The molecule has 0 aromatic heterocycles. The zero-order chi connectivity index (χ0) is 12.3. The summed E-state index contributed by atoms with van der Waals surface area (Å²) in [5.74, 6) is -0.780. The van der Waals surface area contributed by atoms with Crippen LogP contribution in [0.15, 0.2) is 16.6 Å². The fourth-order valence-electron chi connectivity index (χ4n) is 2.02. The van der Waals surface area contributed by atoms with Gasteiger partial charge < -0.3 is 15.3 Å². The summed E-state index contributed by atoms with van der Waals surface area (Å²) >= 11 is 3.24. The van der Waals surface area contributed by atoms with Crippen LogP contribution in [-0.2, 0) is 6.42 Å². The van der Waals surface area contributed by atoms with Crippen LogP contribution in [0.4, 0.5) is 4.39 Å². The third-order valence-electron chi connectivity index (χ3n) is 3.01. The summed E-state index contributed by atoms with van der Waals surface area (Å²) in [6, 6.07) is 3.06. The van der Waals surface area contributed by atoms with Crippen LogP contribution in [0, 0.1) is 5.82 Å². The van der Waals surface area contributed by atoms with Gasteiger partial charge in [0.05, 0.1) is 0 Å². The lowest BCUT2D eigenvalue weighted by Crippen LogP contribution is -2.44. The van der Waals surface area contributed by atoms with Crippen molar-refractivity contribution in [3.63, 3.8) is 0 Å². The van der Waals surface area contributed by atoms with Crippen LogP contribution < -0.4 is 5.32 Å². The first-order valence-corrected chi connectivity index (χ1v) is 6.56. The maximum atomic E-state index is 13.3. The SMILES string of the molecule is Oc1c(F)cc(Br)cc1CCN1CCNCC1. The third kappa shape index (κ3) is 3.40. The maximum Gasteiger partial charge on any atom is 0.166 e. The number of piperazine rings is 1. The molecule has 3 nitrogen and oxygen atoms in total. The average Bonchev–Trinajstić information content (AvgIpc) is 2.33. The van der Waals surface area contributed by atoms with Gasteiger partial charge in [-0.3, -0.25) is 0 Å². The number of hydrogen-bond donors (Lipinski definition) is 2. The molecule has 1 aromatic carbocycles. The summed E-state index contributed by atoms with van der Waals surface area (Å²) in [4.78, 5) is 2.31. The van der Waals surface area contributed by atoms with Crippen molar-refractivity contribution in [2.45, 2.75) is 6.42 Å². The van der Waals surface area contributed by atoms with E-state index in [2.05, 4.69) is 26.1 Å². The van der Waals surface area contributed by atoms with E-state index in [1.807, 2.05) is 0 Å². The van der Waals surface area contributed by atoms with Crippen LogP contribution in [0.3, 0.4) is 0 Å². The van der Waals surface area contributed by atoms with Gasteiger partial charge in [0.1, 0.15) is 0 Å². The molecule has 2 N–H and O–H groups in total. The molecule has 1 saturated heterocycles. The van der Waals surface area contributed by atoms with E-state index < -0.39 is 5.82 Å². The molecule has 0 unspecified atom stereocenters. The van der Waals surface area contributed by atoms with Gasteiger partial charge in [0.15, 0.2) is 11.6 Å². The number of nitrogens with zero attached hydrogens (tertiary/aromatic N) is 1. The van der Waals surface area contributed by atoms with Crippen LogP contribution in [0.2, 0.25) is 0 Å². The molecule has 17 heavy (non-hydrogen) atoms. The van der Waals surface area contributed by atoms with Crippen molar-refractivity contribution in [3.05, 3.63) is 28.0 Å². The van der Waals surface area contributed by atoms with Crippen LogP contribution in [0.1, 0.15) is 5.56 Å². The number of phenols is 1. The van der Waals surface area contributed by atoms with Crippen molar-refractivity contribution in [3.8, 4) is 5.75 Å². The number of halogens is 2. The van der Waals surface area contributed by atoms with E-state index in [-0.39, 0.29) is 5.75 Å². The first-order chi connectivity index (χ1) is 8.16. The van der Waals surface area contributed by atoms with E-state index in [1.165, 1.54) is 6.07 Å². The van der Waals surface area contributed by atoms with Crippen LogP contribution in [0.5, 0.6) is 5.75 Å². The Bertz CT molecular complexity index is 394. The Labute approximate surface area is 109 Å². The Hall–Kier alpha value is -0.650. The van der Waals surface area contributed by atoms with Crippen molar-refractivity contribution in [1.82, 2.24) is 10.2 Å². The van der Waals surface area contributed by atoms with E-state index in [0.29, 0.717) is 16.5 Å². The van der Waals surface area contributed by atoms with Gasteiger partial charge in [-0.05, 0) is 24.1 Å². The highest BCUT2D eigenvalue weighted by Gasteiger charge is 2.12. The molecule has 0 radical (unpaired) electrons. The largest absolute Gasteiger partial charge is 0.505 e. The fraction of sp³-hybridized carbons (Fsp3) is 0.500. The predicted molar refractivity (Wildman–Crippen MR) is 68.8 cm³/mol. The molecule has 1 aromatic rings. The second-order valence-electron chi connectivity index (χ2n) is 4.24. The summed E-state index contributed by atoms with van der Waals surface area (Å²) in [5, 5.41) is 12.9. The van der Waals surface area contributed by atoms with Crippen LogP contribution in [0.25, 0.3) is 0 Å². The van der Waals surface area contributed by atoms with Crippen molar-refractivity contribution in [2.24, 2.45) is 0 Å². The number of rotatable bonds is 3. The quantitative estimate of drug-likeness (QED) is 0.893. The van der Waals surface area contributed by atoms with Crippen molar-refractivity contribution >= 4 is 15.9 Å². The minimum atomic E-state index is -0.560. The lowest BCUT2D eigenvalue weighted by Gasteiger charge is -2.27. The number of nitrogens with one attached hydrogen (secondary N) is 1. The molecule has 94 valence electrons. The lowest BCUT2D eigenvalue weighted by atomic mass is 10.1. The smallest absolute Gasteiger partial charge is 0.166 e. The zero-order valence-electron chi connectivity index (χ0n) is 9.55. The Balaban J connectivity index is 1.98. The van der Waals surface area contributed by atoms with Gasteiger partial charge in [0.25, 0.3) is 0 Å². The average molecular weight is 303 g/mol. The summed E-state index contributed by atoms with van der Waals surface area (Å²) < 4.78 is 14.0. The molecular weight excluding hydrogens is 287 g/mol. The Kier molecular flexibility index (Phi) is 4.36. The molecule has 0 saturated carbocycles. The second-order valence-corrected chi connectivity index (χ2v) is 5.15. The fourth-order valence-corrected chi connectivity index (χ4v) is 2.50. The van der Waals surface area contributed by atoms with Gasteiger partial charge in [-0.2, -0.15) is 0 Å². The van der Waals surface area contributed by atoms with E-state index >= 15 is 0 Å². The minimum Gasteiger partial charge on any atom is -0.505 e. The molecule has 5 heteroatoms. The maximum absolute atomic E-state index is 13.3. The van der Waals surface area contributed by atoms with Crippen molar-refractivity contribution < 1.29 is 9.50 Å². The molecule has 0 spiro atoms. The van der Waals surface area contributed by atoms with Gasteiger partial charge in [-0.25, -0.2) is 4.39 Å². The first kappa shape index (κ1) is 12.8. The first-order valence-electron chi connectivity index (χ1n) is 5.77. The summed E-state index contributed by atoms with van der Waals surface area (Å²) in [7, 11) is 0. The number of phenolic OH excluding ortho intramolecular Hbond substituents is 1. The summed E-state index contributed by atoms with van der Waals surface area (Å²) in [6.45, 7) is 4.87.